The SMILES string of the molecule is CC[C@H]1CN(c2nc(N)c(C(=O)NNC(C)=O)nc2Cl)CCN1C1CCN(Cc2ccc(Cl)cc2)CC1. The van der Waals surface area contributed by atoms with Gasteiger partial charge in [0.05, 0.1) is 0 Å². The summed E-state index contributed by atoms with van der Waals surface area (Å²) in [4.78, 5) is 39.2. The van der Waals surface area contributed by atoms with Gasteiger partial charge in [0.25, 0.3) is 5.91 Å². The lowest BCUT2D eigenvalue weighted by atomic mass is 9.98. The number of aromatic nitrogens is 2. The van der Waals surface area contributed by atoms with Gasteiger partial charge < -0.3 is 10.6 Å². The van der Waals surface area contributed by atoms with Gasteiger partial charge in [-0.25, -0.2) is 9.97 Å². The zero-order valence-corrected chi connectivity index (χ0v) is 22.7. The van der Waals surface area contributed by atoms with Crippen LogP contribution < -0.4 is 21.5 Å². The van der Waals surface area contributed by atoms with E-state index in [4.69, 9.17) is 28.9 Å². The molecule has 12 heteroatoms. The minimum Gasteiger partial charge on any atom is -0.382 e. The Hall–Kier alpha value is -2.66. The van der Waals surface area contributed by atoms with Crippen LogP contribution in [0, 0.1) is 0 Å². The van der Waals surface area contributed by atoms with Crippen LogP contribution in [-0.2, 0) is 11.3 Å². The molecule has 2 fully saturated rings. The molecule has 0 saturated carbocycles. The monoisotopic (exact) mass is 548 g/mol. The highest BCUT2D eigenvalue weighted by Crippen LogP contribution is 2.30. The van der Waals surface area contributed by atoms with Gasteiger partial charge in [-0.2, -0.15) is 0 Å². The van der Waals surface area contributed by atoms with Crippen LogP contribution in [0.3, 0.4) is 0 Å². The lowest BCUT2D eigenvalue weighted by Crippen LogP contribution is -2.58. The molecule has 2 aliphatic heterocycles. The maximum atomic E-state index is 12.3. The number of carbonyl (C=O) groups is 2. The van der Waals surface area contributed by atoms with Crippen LogP contribution in [0.4, 0.5) is 11.6 Å². The Morgan fingerprint density at radius 2 is 1.76 bits per heavy atom. The summed E-state index contributed by atoms with van der Waals surface area (Å²) in [6.45, 7) is 8.96. The number of nitrogens with one attached hydrogen (secondary N) is 2. The molecule has 0 radical (unpaired) electrons. The van der Waals surface area contributed by atoms with Crippen LogP contribution in [0.2, 0.25) is 10.2 Å². The molecule has 4 rings (SSSR count). The average Bonchev–Trinajstić information content (AvgIpc) is 2.89. The number of hydrazine groups is 1. The van der Waals surface area contributed by atoms with E-state index in [9.17, 15) is 9.59 Å². The maximum Gasteiger partial charge on any atom is 0.292 e. The number of piperazine rings is 1. The van der Waals surface area contributed by atoms with E-state index >= 15 is 0 Å². The first-order valence-corrected chi connectivity index (χ1v) is 13.4. The number of hydrogen-bond donors (Lipinski definition) is 3. The van der Waals surface area contributed by atoms with E-state index in [1.807, 2.05) is 12.1 Å². The van der Waals surface area contributed by atoms with Crippen LogP contribution in [-0.4, -0.2) is 76.4 Å². The third kappa shape index (κ3) is 6.81. The second-order valence-corrected chi connectivity index (χ2v) is 10.4. The molecule has 10 nitrogen and oxygen atoms in total. The highest BCUT2D eigenvalue weighted by molar-refractivity contribution is 6.32. The molecule has 0 unspecified atom stereocenters. The highest BCUT2D eigenvalue weighted by Gasteiger charge is 2.34. The number of piperidine rings is 1. The van der Waals surface area contributed by atoms with E-state index in [-0.39, 0.29) is 16.7 Å². The van der Waals surface area contributed by atoms with Gasteiger partial charge in [0.15, 0.2) is 22.5 Å². The smallest absolute Gasteiger partial charge is 0.292 e. The summed E-state index contributed by atoms with van der Waals surface area (Å²) in [6, 6.07) is 9.00. The van der Waals surface area contributed by atoms with Crippen LogP contribution in [0.15, 0.2) is 24.3 Å². The molecular weight excluding hydrogens is 515 g/mol. The van der Waals surface area contributed by atoms with E-state index in [1.165, 1.54) is 12.5 Å². The normalized spacial score (nSPS) is 19.6. The number of anilines is 2. The second-order valence-electron chi connectivity index (χ2n) is 9.59. The number of nitrogen functional groups attached to an aromatic ring is 1. The molecule has 37 heavy (non-hydrogen) atoms. The van der Waals surface area contributed by atoms with Crippen molar-refractivity contribution < 1.29 is 9.59 Å². The van der Waals surface area contributed by atoms with Crippen molar-refractivity contribution >= 4 is 46.7 Å². The van der Waals surface area contributed by atoms with E-state index in [0.29, 0.717) is 17.9 Å². The molecule has 4 N–H and O–H groups in total. The number of nitrogens with two attached hydrogens (primary N) is 1. The Kier molecular flexibility index (Phi) is 9.07. The predicted molar refractivity (Wildman–Crippen MR) is 145 cm³/mol. The number of hydrogen-bond acceptors (Lipinski definition) is 8. The third-order valence-electron chi connectivity index (χ3n) is 7.08. The van der Waals surface area contributed by atoms with Crippen molar-refractivity contribution in [2.45, 2.75) is 51.7 Å². The fourth-order valence-electron chi connectivity index (χ4n) is 5.15. The number of rotatable bonds is 6. The summed E-state index contributed by atoms with van der Waals surface area (Å²) in [5, 5.41) is 0.881. The highest BCUT2D eigenvalue weighted by atomic mass is 35.5. The molecule has 0 spiro atoms. The summed E-state index contributed by atoms with van der Waals surface area (Å²) < 4.78 is 0. The van der Waals surface area contributed by atoms with Gasteiger partial charge in [0.2, 0.25) is 5.91 Å². The molecule has 0 aliphatic carbocycles. The first kappa shape index (κ1) is 27.4. The quantitative estimate of drug-likeness (QED) is 0.471. The Bertz CT molecular complexity index is 1110. The summed E-state index contributed by atoms with van der Waals surface area (Å²) >= 11 is 12.5. The molecule has 0 bridgehead atoms. The molecule has 3 heterocycles. The Morgan fingerprint density at radius 1 is 1.05 bits per heavy atom. The lowest BCUT2D eigenvalue weighted by Gasteiger charge is -2.47. The van der Waals surface area contributed by atoms with Crippen molar-refractivity contribution in [3.8, 4) is 0 Å². The molecule has 2 aliphatic rings. The minimum absolute atomic E-state index is 0.0363. The first-order chi connectivity index (χ1) is 17.7. The molecule has 2 saturated heterocycles. The van der Waals surface area contributed by atoms with Gasteiger partial charge in [-0.05, 0) is 50.0 Å². The van der Waals surface area contributed by atoms with Crippen molar-refractivity contribution in [2.24, 2.45) is 0 Å². The molecular formula is C25H34Cl2N8O2. The van der Waals surface area contributed by atoms with Gasteiger partial charge in [-0.1, -0.05) is 42.3 Å². The maximum absolute atomic E-state index is 12.3. The van der Waals surface area contributed by atoms with Crippen LogP contribution >= 0.6 is 23.2 Å². The number of carbonyl (C=O) groups excluding carboxylic acids is 2. The molecule has 200 valence electrons. The fraction of sp³-hybridized carbons (Fsp3) is 0.520. The summed E-state index contributed by atoms with van der Waals surface area (Å²) in [5.41, 5.74) is 11.6. The van der Waals surface area contributed by atoms with Gasteiger partial charge in [-0.15, -0.1) is 0 Å². The van der Waals surface area contributed by atoms with Gasteiger partial charge in [-0.3, -0.25) is 30.2 Å². The zero-order valence-electron chi connectivity index (χ0n) is 21.2. The van der Waals surface area contributed by atoms with E-state index in [2.05, 4.69) is 54.6 Å². The van der Waals surface area contributed by atoms with Crippen molar-refractivity contribution in [3.05, 3.63) is 45.7 Å². The van der Waals surface area contributed by atoms with Gasteiger partial charge >= 0.3 is 0 Å². The third-order valence-corrected chi connectivity index (χ3v) is 7.58. The van der Waals surface area contributed by atoms with Crippen LogP contribution in [0.25, 0.3) is 0 Å². The Balaban J connectivity index is 1.35. The number of amides is 2. The standard InChI is InChI=1S/C25H34Cl2N8O2/c1-3-19-15-34(24-22(27)29-21(23(28)30-24)25(37)32-31-16(2)36)12-13-35(19)20-8-10-33(11-9-20)14-17-4-6-18(26)7-5-17/h4-7,19-20H,3,8-15H2,1-2H3,(H2,28,30)(H,31,36)(H,32,37)/t19-/m0/s1. The Morgan fingerprint density at radius 3 is 2.41 bits per heavy atom. The number of nitrogens with zero attached hydrogens (tertiary/aromatic N) is 5. The summed E-state index contributed by atoms with van der Waals surface area (Å²) in [7, 11) is 0. The van der Waals surface area contributed by atoms with Crippen molar-refractivity contribution in [2.75, 3.05) is 43.4 Å². The topological polar surface area (TPSA) is 120 Å². The fourth-order valence-corrected chi connectivity index (χ4v) is 5.53. The average molecular weight is 550 g/mol. The van der Waals surface area contributed by atoms with Gasteiger partial charge in [0, 0.05) is 50.2 Å². The lowest BCUT2D eigenvalue weighted by molar-refractivity contribution is -0.119. The zero-order chi connectivity index (χ0) is 26.5. The van der Waals surface area contributed by atoms with Crippen molar-refractivity contribution in [1.29, 1.82) is 0 Å². The van der Waals surface area contributed by atoms with Crippen LogP contribution in [0.1, 0.15) is 49.2 Å². The summed E-state index contributed by atoms with van der Waals surface area (Å²) in [5.74, 6) is -0.650. The minimum atomic E-state index is -0.674. The molecule has 2 amide bonds. The van der Waals surface area contributed by atoms with E-state index < -0.39 is 11.8 Å². The molecule has 1 atom stereocenters. The van der Waals surface area contributed by atoms with E-state index in [0.717, 1.165) is 63.6 Å². The molecule has 1 aromatic carbocycles. The van der Waals surface area contributed by atoms with Crippen molar-refractivity contribution in [3.63, 3.8) is 0 Å². The van der Waals surface area contributed by atoms with E-state index in [1.54, 1.807) is 0 Å². The first-order valence-electron chi connectivity index (χ1n) is 12.6. The van der Waals surface area contributed by atoms with Crippen LogP contribution in [0.5, 0.6) is 0 Å². The largest absolute Gasteiger partial charge is 0.382 e. The number of benzene rings is 1. The number of halogens is 2. The predicted octanol–water partition coefficient (Wildman–Crippen LogP) is 2.71. The van der Waals surface area contributed by atoms with Gasteiger partial charge in [0.1, 0.15) is 0 Å². The number of likely N-dealkylation sites (tertiary alicyclic amines) is 1. The summed E-state index contributed by atoms with van der Waals surface area (Å²) in [6.07, 6.45) is 3.27. The van der Waals surface area contributed by atoms with Crippen molar-refractivity contribution in [1.82, 2.24) is 30.6 Å². The molecule has 2 aromatic rings. The Labute approximate surface area is 227 Å². The molecule has 1 aromatic heterocycles. The second kappa shape index (κ2) is 12.3.